The molecule has 0 bridgehead atoms. The van der Waals surface area contributed by atoms with Gasteiger partial charge in [-0.05, 0) is 55.8 Å². The minimum absolute atomic E-state index is 0.102. The Kier molecular flexibility index (Phi) is 5.68. The zero-order chi connectivity index (χ0) is 18.5. The average Bonchev–Trinajstić information content (AvgIpc) is 3.03. The van der Waals surface area contributed by atoms with Crippen molar-refractivity contribution in [3.63, 3.8) is 0 Å². The van der Waals surface area contributed by atoms with E-state index in [0.29, 0.717) is 17.5 Å². The Morgan fingerprint density at radius 2 is 1.96 bits per heavy atom. The van der Waals surface area contributed by atoms with Crippen LogP contribution in [0.25, 0.3) is 11.4 Å². The number of aryl methyl sites for hydroxylation is 1. The number of carbonyl (C=O) groups excluding carboxylic acids is 1. The van der Waals surface area contributed by atoms with Gasteiger partial charge in [-0.1, -0.05) is 23.9 Å². The maximum Gasteiger partial charge on any atom is 0.234 e. The lowest BCUT2D eigenvalue weighted by Gasteiger charge is -2.08. The van der Waals surface area contributed by atoms with Crippen LogP contribution in [0.15, 0.2) is 53.7 Å². The molecule has 0 saturated heterocycles. The number of halogens is 1. The van der Waals surface area contributed by atoms with Gasteiger partial charge in [-0.2, -0.15) is 0 Å². The van der Waals surface area contributed by atoms with Crippen LogP contribution in [0, 0.1) is 12.7 Å². The van der Waals surface area contributed by atoms with E-state index < -0.39 is 0 Å². The Morgan fingerprint density at radius 1 is 1.19 bits per heavy atom. The van der Waals surface area contributed by atoms with Crippen molar-refractivity contribution >= 4 is 23.4 Å². The number of nitrogens with zero attached hydrogens (tertiary/aromatic N) is 3. The summed E-state index contributed by atoms with van der Waals surface area (Å²) in [4.78, 5) is 12.2. The highest BCUT2D eigenvalue weighted by Gasteiger charge is 2.14. The van der Waals surface area contributed by atoms with E-state index in [1.807, 2.05) is 42.7 Å². The highest BCUT2D eigenvalue weighted by molar-refractivity contribution is 7.99. The molecule has 0 saturated carbocycles. The van der Waals surface area contributed by atoms with E-state index in [4.69, 9.17) is 0 Å². The molecule has 0 fully saturated rings. The zero-order valence-electron chi connectivity index (χ0n) is 14.6. The van der Waals surface area contributed by atoms with E-state index in [9.17, 15) is 9.18 Å². The van der Waals surface area contributed by atoms with Gasteiger partial charge >= 0.3 is 0 Å². The van der Waals surface area contributed by atoms with E-state index in [1.54, 1.807) is 12.1 Å². The summed E-state index contributed by atoms with van der Waals surface area (Å²) in [6.07, 6.45) is 0. The first-order valence-electron chi connectivity index (χ1n) is 8.25. The molecule has 3 rings (SSSR count). The van der Waals surface area contributed by atoms with Crippen LogP contribution >= 0.6 is 11.8 Å². The van der Waals surface area contributed by atoms with Crippen LogP contribution in [0.3, 0.4) is 0 Å². The number of hydrogen-bond donors (Lipinski definition) is 1. The molecule has 1 N–H and O–H groups in total. The molecule has 1 heterocycles. The molecular weight excluding hydrogens is 351 g/mol. The third-order valence-corrected chi connectivity index (χ3v) is 4.74. The first-order chi connectivity index (χ1) is 12.6. The molecule has 0 aliphatic rings. The van der Waals surface area contributed by atoms with Crippen molar-refractivity contribution in [3.05, 3.63) is 59.9 Å². The number of hydrogen-bond acceptors (Lipinski definition) is 4. The van der Waals surface area contributed by atoms with Gasteiger partial charge < -0.3 is 9.88 Å². The van der Waals surface area contributed by atoms with Crippen molar-refractivity contribution < 1.29 is 9.18 Å². The molecule has 2 aromatic carbocycles. The molecule has 0 unspecified atom stereocenters. The Morgan fingerprint density at radius 3 is 2.65 bits per heavy atom. The third-order valence-electron chi connectivity index (χ3n) is 3.77. The predicted octanol–water partition coefficient (Wildman–Crippen LogP) is 4.14. The van der Waals surface area contributed by atoms with Gasteiger partial charge in [0.15, 0.2) is 11.0 Å². The number of anilines is 1. The summed E-state index contributed by atoms with van der Waals surface area (Å²) in [6.45, 7) is 4.61. The van der Waals surface area contributed by atoms with Crippen LogP contribution in [0.2, 0.25) is 0 Å². The molecule has 5 nitrogen and oxygen atoms in total. The largest absolute Gasteiger partial charge is 0.325 e. The van der Waals surface area contributed by atoms with Crippen molar-refractivity contribution in [3.8, 4) is 11.4 Å². The van der Waals surface area contributed by atoms with E-state index in [0.717, 1.165) is 16.8 Å². The highest BCUT2D eigenvalue weighted by atomic mass is 32.2. The van der Waals surface area contributed by atoms with Crippen molar-refractivity contribution in [2.75, 3.05) is 11.1 Å². The maximum absolute atomic E-state index is 13.1. The molecule has 1 aromatic heterocycles. The lowest BCUT2D eigenvalue weighted by atomic mass is 10.2. The molecule has 1 amide bonds. The first-order valence-corrected chi connectivity index (χ1v) is 9.24. The Bertz CT molecular complexity index is 908. The molecule has 0 atom stereocenters. The zero-order valence-corrected chi connectivity index (χ0v) is 15.4. The Hall–Kier alpha value is -2.67. The number of carbonyl (C=O) groups is 1. The lowest BCUT2D eigenvalue weighted by molar-refractivity contribution is -0.113. The number of thioether (sulfide) groups is 1. The smallest absolute Gasteiger partial charge is 0.234 e. The van der Waals surface area contributed by atoms with Crippen LogP contribution in [0.5, 0.6) is 0 Å². The van der Waals surface area contributed by atoms with Gasteiger partial charge in [-0.3, -0.25) is 4.79 Å². The Labute approximate surface area is 155 Å². The number of benzene rings is 2. The van der Waals surface area contributed by atoms with Crippen LogP contribution in [0.1, 0.15) is 12.5 Å². The van der Waals surface area contributed by atoms with E-state index >= 15 is 0 Å². The summed E-state index contributed by atoms with van der Waals surface area (Å²) in [5, 5.41) is 11.9. The second kappa shape index (κ2) is 8.14. The van der Waals surface area contributed by atoms with Gasteiger partial charge in [0.2, 0.25) is 5.91 Å². The normalized spacial score (nSPS) is 10.7. The molecule has 0 aliphatic carbocycles. The number of amides is 1. The fraction of sp³-hybridized carbons (Fsp3) is 0.211. The highest BCUT2D eigenvalue weighted by Crippen LogP contribution is 2.24. The second-order valence-electron chi connectivity index (χ2n) is 5.76. The van der Waals surface area contributed by atoms with Crippen molar-refractivity contribution in [2.24, 2.45) is 0 Å². The van der Waals surface area contributed by atoms with Crippen molar-refractivity contribution in [1.29, 1.82) is 0 Å². The molecule has 26 heavy (non-hydrogen) atoms. The summed E-state index contributed by atoms with van der Waals surface area (Å²) in [5.41, 5.74) is 2.65. The molecule has 0 radical (unpaired) electrons. The second-order valence-corrected chi connectivity index (χ2v) is 6.71. The number of nitrogens with one attached hydrogen (secondary N) is 1. The molecule has 3 aromatic rings. The van der Waals surface area contributed by atoms with Gasteiger partial charge in [-0.25, -0.2) is 4.39 Å². The molecule has 0 spiro atoms. The average molecular weight is 370 g/mol. The van der Waals surface area contributed by atoms with Gasteiger partial charge in [-0.15, -0.1) is 10.2 Å². The minimum Gasteiger partial charge on any atom is -0.325 e. The standard InChI is InChI=1S/C19H19FN4OS/c1-3-24-18(14-7-9-15(20)10-8-14)22-23-19(24)26-12-17(25)21-16-6-4-5-13(2)11-16/h4-11H,3,12H2,1-2H3,(H,21,25). The monoisotopic (exact) mass is 370 g/mol. The van der Waals surface area contributed by atoms with Crippen LogP contribution in [0.4, 0.5) is 10.1 Å². The van der Waals surface area contributed by atoms with E-state index in [-0.39, 0.29) is 17.5 Å². The SMILES string of the molecule is CCn1c(SCC(=O)Nc2cccc(C)c2)nnc1-c1ccc(F)cc1. The minimum atomic E-state index is -0.293. The van der Waals surface area contributed by atoms with Gasteiger partial charge in [0.25, 0.3) is 0 Å². The van der Waals surface area contributed by atoms with Gasteiger partial charge in [0.05, 0.1) is 5.75 Å². The number of aromatic nitrogens is 3. The molecular formula is C19H19FN4OS. The maximum atomic E-state index is 13.1. The van der Waals surface area contributed by atoms with E-state index in [1.165, 1.54) is 23.9 Å². The van der Waals surface area contributed by atoms with Crippen LogP contribution in [-0.4, -0.2) is 26.4 Å². The van der Waals surface area contributed by atoms with Gasteiger partial charge in [0.1, 0.15) is 5.82 Å². The fourth-order valence-corrected chi connectivity index (χ4v) is 3.35. The third kappa shape index (κ3) is 4.29. The summed E-state index contributed by atoms with van der Waals surface area (Å²) in [6, 6.07) is 13.8. The summed E-state index contributed by atoms with van der Waals surface area (Å²) >= 11 is 1.33. The Balaban J connectivity index is 1.68. The predicted molar refractivity (Wildman–Crippen MR) is 102 cm³/mol. The molecule has 134 valence electrons. The van der Waals surface area contributed by atoms with Crippen molar-refractivity contribution in [1.82, 2.24) is 14.8 Å². The lowest BCUT2D eigenvalue weighted by Crippen LogP contribution is -2.14. The molecule has 7 heteroatoms. The first kappa shape index (κ1) is 18.1. The van der Waals surface area contributed by atoms with Gasteiger partial charge in [0, 0.05) is 17.8 Å². The van der Waals surface area contributed by atoms with Crippen molar-refractivity contribution in [2.45, 2.75) is 25.5 Å². The topological polar surface area (TPSA) is 59.8 Å². The quantitative estimate of drug-likeness (QED) is 0.663. The van der Waals surface area contributed by atoms with E-state index in [2.05, 4.69) is 15.5 Å². The summed E-state index contributed by atoms with van der Waals surface area (Å²) < 4.78 is 15.0. The number of rotatable bonds is 6. The van der Waals surface area contributed by atoms with Crippen LogP contribution in [-0.2, 0) is 11.3 Å². The summed E-state index contributed by atoms with van der Waals surface area (Å²) in [5.74, 6) is 0.498. The summed E-state index contributed by atoms with van der Waals surface area (Å²) in [7, 11) is 0. The van der Waals surface area contributed by atoms with Crippen LogP contribution < -0.4 is 5.32 Å². The molecule has 0 aliphatic heterocycles. The fourth-order valence-electron chi connectivity index (χ4n) is 2.54.